The van der Waals surface area contributed by atoms with Gasteiger partial charge in [0.05, 0.1) is 11.3 Å². The number of benzene rings is 2. The van der Waals surface area contributed by atoms with Crippen LogP contribution in [0.1, 0.15) is 29.8 Å². The second-order valence-corrected chi connectivity index (χ2v) is 6.77. The van der Waals surface area contributed by atoms with Crippen molar-refractivity contribution in [3.63, 3.8) is 0 Å². The molecule has 0 aliphatic rings. The van der Waals surface area contributed by atoms with Gasteiger partial charge < -0.3 is 10.2 Å². The molecule has 5 nitrogen and oxygen atoms in total. The lowest BCUT2D eigenvalue weighted by Crippen LogP contribution is -2.34. The minimum Gasteiger partial charge on any atom is -0.351 e. The lowest BCUT2D eigenvalue weighted by atomic mass is 10.0. The number of rotatable bonds is 8. The summed E-state index contributed by atoms with van der Waals surface area (Å²) in [7, 11) is 0. The van der Waals surface area contributed by atoms with Crippen LogP contribution in [0.2, 0.25) is 0 Å². The minimum absolute atomic E-state index is 0.0902. The second kappa shape index (κ2) is 9.33. The fourth-order valence-electron chi connectivity index (χ4n) is 3.25. The third kappa shape index (κ3) is 4.49. The Hall–Kier alpha value is -2.92. The average molecular weight is 377 g/mol. The molecule has 0 saturated carbocycles. The summed E-state index contributed by atoms with van der Waals surface area (Å²) in [4.78, 5) is 15.3. The Morgan fingerprint density at radius 3 is 2.39 bits per heavy atom. The van der Waals surface area contributed by atoms with Crippen LogP contribution in [0.3, 0.4) is 0 Å². The molecule has 0 aliphatic heterocycles. The number of hydrogen-bond acceptors (Lipinski definition) is 3. The van der Waals surface area contributed by atoms with Crippen molar-refractivity contribution in [1.82, 2.24) is 20.0 Å². The van der Waals surface area contributed by atoms with E-state index in [0.29, 0.717) is 17.8 Å². The number of aromatic nitrogens is 2. The maximum absolute atomic E-state index is 13.0. The van der Waals surface area contributed by atoms with Crippen molar-refractivity contribution < 1.29 is 4.79 Å². The first-order valence-electron chi connectivity index (χ1n) is 9.85. The molecule has 1 N–H and O–H groups in total. The molecular formula is C23H28N4O. The van der Waals surface area contributed by atoms with Crippen LogP contribution in [0.5, 0.6) is 0 Å². The number of para-hydroxylation sites is 1. The standard InChI is InChI=1S/C23H28N4O/c1-4-26(5-2)16-15-24-23(28)21-17-27(19-12-7-6-8-13-19)25-22(21)20-14-10-9-11-18(20)3/h6-14,17H,4-5,15-16H2,1-3H3,(H,24,28). The van der Waals surface area contributed by atoms with Crippen LogP contribution >= 0.6 is 0 Å². The van der Waals surface area contributed by atoms with Crippen LogP contribution in [-0.4, -0.2) is 46.8 Å². The van der Waals surface area contributed by atoms with Gasteiger partial charge in [0.1, 0.15) is 5.69 Å². The normalized spacial score (nSPS) is 11.0. The molecule has 0 spiro atoms. The highest BCUT2D eigenvalue weighted by Crippen LogP contribution is 2.26. The number of hydrogen-bond donors (Lipinski definition) is 1. The topological polar surface area (TPSA) is 50.2 Å². The number of carbonyl (C=O) groups is 1. The number of aryl methyl sites for hydroxylation is 1. The van der Waals surface area contributed by atoms with E-state index in [9.17, 15) is 4.79 Å². The third-order valence-electron chi connectivity index (χ3n) is 4.99. The van der Waals surface area contributed by atoms with E-state index in [0.717, 1.165) is 36.4 Å². The van der Waals surface area contributed by atoms with E-state index in [1.165, 1.54) is 0 Å². The first kappa shape index (κ1) is 19.8. The highest BCUT2D eigenvalue weighted by atomic mass is 16.1. The average Bonchev–Trinajstić information content (AvgIpc) is 3.17. The monoisotopic (exact) mass is 376 g/mol. The zero-order valence-electron chi connectivity index (χ0n) is 16.9. The van der Waals surface area contributed by atoms with Crippen LogP contribution in [0.4, 0.5) is 0 Å². The van der Waals surface area contributed by atoms with E-state index >= 15 is 0 Å². The van der Waals surface area contributed by atoms with Crippen LogP contribution in [0, 0.1) is 6.92 Å². The van der Waals surface area contributed by atoms with Gasteiger partial charge in [-0.2, -0.15) is 5.10 Å². The summed E-state index contributed by atoms with van der Waals surface area (Å²) >= 11 is 0. The predicted octanol–water partition coefficient (Wildman–Crippen LogP) is 3.92. The molecule has 1 aromatic heterocycles. The SMILES string of the molecule is CCN(CC)CCNC(=O)c1cn(-c2ccccc2)nc1-c1ccccc1C. The van der Waals surface area contributed by atoms with Gasteiger partial charge in [-0.3, -0.25) is 4.79 Å². The van der Waals surface area contributed by atoms with Crippen LogP contribution in [-0.2, 0) is 0 Å². The van der Waals surface area contributed by atoms with Gasteiger partial charge in [-0.05, 0) is 37.7 Å². The highest BCUT2D eigenvalue weighted by molar-refractivity contribution is 6.00. The zero-order valence-corrected chi connectivity index (χ0v) is 16.9. The molecule has 0 unspecified atom stereocenters. The predicted molar refractivity (Wildman–Crippen MR) is 114 cm³/mol. The largest absolute Gasteiger partial charge is 0.351 e. The van der Waals surface area contributed by atoms with Gasteiger partial charge in [-0.25, -0.2) is 4.68 Å². The first-order chi connectivity index (χ1) is 13.6. The van der Waals surface area contributed by atoms with Crippen LogP contribution < -0.4 is 5.32 Å². The van der Waals surface area contributed by atoms with E-state index in [2.05, 4.69) is 24.1 Å². The van der Waals surface area contributed by atoms with Crippen molar-refractivity contribution in [2.24, 2.45) is 0 Å². The van der Waals surface area contributed by atoms with Gasteiger partial charge in [-0.15, -0.1) is 0 Å². The molecule has 0 fully saturated rings. The van der Waals surface area contributed by atoms with Crippen molar-refractivity contribution in [2.75, 3.05) is 26.2 Å². The fourth-order valence-corrected chi connectivity index (χ4v) is 3.25. The van der Waals surface area contributed by atoms with Gasteiger partial charge in [0.25, 0.3) is 5.91 Å². The maximum atomic E-state index is 13.0. The lowest BCUT2D eigenvalue weighted by molar-refractivity contribution is 0.0949. The maximum Gasteiger partial charge on any atom is 0.255 e. The van der Waals surface area contributed by atoms with Crippen molar-refractivity contribution in [3.05, 3.63) is 71.9 Å². The van der Waals surface area contributed by atoms with E-state index < -0.39 is 0 Å². The van der Waals surface area contributed by atoms with Crippen molar-refractivity contribution in [2.45, 2.75) is 20.8 Å². The Morgan fingerprint density at radius 2 is 1.71 bits per heavy atom. The Bertz CT molecular complexity index is 913. The van der Waals surface area contributed by atoms with Crippen LogP contribution in [0.15, 0.2) is 60.8 Å². The van der Waals surface area contributed by atoms with Gasteiger partial charge in [0.2, 0.25) is 0 Å². The van der Waals surface area contributed by atoms with Gasteiger partial charge in [0, 0.05) is 24.8 Å². The summed E-state index contributed by atoms with van der Waals surface area (Å²) in [6, 6.07) is 17.9. The third-order valence-corrected chi connectivity index (χ3v) is 4.99. The molecule has 3 aromatic rings. The van der Waals surface area contributed by atoms with E-state index in [1.807, 2.05) is 67.7 Å². The Labute approximate surface area is 167 Å². The number of amides is 1. The van der Waals surface area contributed by atoms with Gasteiger partial charge in [0.15, 0.2) is 0 Å². The summed E-state index contributed by atoms with van der Waals surface area (Å²) in [5, 5.41) is 7.81. The molecule has 146 valence electrons. The number of nitrogens with one attached hydrogen (secondary N) is 1. The quantitative estimate of drug-likeness (QED) is 0.648. The molecule has 2 aromatic carbocycles. The summed E-state index contributed by atoms with van der Waals surface area (Å²) in [6.45, 7) is 9.71. The van der Waals surface area contributed by atoms with Gasteiger partial charge >= 0.3 is 0 Å². The molecule has 1 heterocycles. The summed E-state index contributed by atoms with van der Waals surface area (Å²) in [6.07, 6.45) is 1.82. The summed E-state index contributed by atoms with van der Waals surface area (Å²) < 4.78 is 1.78. The molecule has 1 amide bonds. The van der Waals surface area contributed by atoms with Gasteiger partial charge in [-0.1, -0.05) is 56.3 Å². The number of nitrogens with zero attached hydrogens (tertiary/aromatic N) is 3. The minimum atomic E-state index is -0.0902. The Kier molecular flexibility index (Phi) is 6.61. The van der Waals surface area contributed by atoms with E-state index in [4.69, 9.17) is 5.10 Å². The Balaban J connectivity index is 1.91. The molecular weight excluding hydrogens is 348 g/mol. The second-order valence-electron chi connectivity index (χ2n) is 6.77. The van der Waals surface area contributed by atoms with Crippen LogP contribution in [0.25, 0.3) is 16.9 Å². The molecule has 0 radical (unpaired) electrons. The van der Waals surface area contributed by atoms with Crippen molar-refractivity contribution in [3.8, 4) is 16.9 Å². The van der Waals surface area contributed by atoms with E-state index in [1.54, 1.807) is 4.68 Å². The number of carbonyl (C=O) groups excluding carboxylic acids is 1. The highest BCUT2D eigenvalue weighted by Gasteiger charge is 2.19. The summed E-state index contributed by atoms with van der Waals surface area (Å²) in [5.41, 5.74) is 4.31. The fraction of sp³-hybridized carbons (Fsp3) is 0.304. The molecule has 3 rings (SSSR count). The molecule has 28 heavy (non-hydrogen) atoms. The summed E-state index contributed by atoms with van der Waals surface area (Å²) in [5.74, 6) is -0.0902. The lowest BCUT2D eigenvalue weighted by Gasteiger charge is -2.17. The number of likely N-dealkylation sites (N-methyl/N-ethyl adjacent to an activating group) is 1. The molecule has 0 aliphatic carbocycles. The first-order valence-corrected chi connectivity index (χ1v) is 9.85. The molecule has 0 saturated heterocycles. The molecule has 0 bridgehead atoms. The smallest absolute Gasteiger partial charge is 0.255 e. The van der Waals surface area contributed by atoms with Crippen molar-refractivity contribution in [1.29, 1.82) is 0 Å². The molecule has 5 heteroatoms. The molecule has 0 atom stereocenters. The van der Waals surface area contributed by atoms with E-state index in [-0.39, 0.29) is 5.91 Å². The van der Waals surface area contributed by atoms with Crippen molar-refractivity contribution >= 4 is 5.91 Å². The Morgan fingerprint density at radius 1 is 1.04 bits per heavy atom. The zero-order chi connectivity index (χ0) is 19.9.